The van der Waals surface area contributed by atoms with Crippen molar-refractivity contribution in [2.75, 3.05) is 0 Å². The molecule has 0 saturated carbocycles. The SMILES string of the molecule is C(=C\c1ccccc1)/C[n+]1c(/C=C/c2ccccc2)ccc2ccccc21. The quantitative estimate of drug-likeness (QED) is 0.389. The van der Waals surface area contributed by atoms with E-state index in [1.807, 2.05) is 12.1 Å². The van der Waals surface area contributed by atoms with Crippen LogP contribution in [-0.4, -0.2) is 0 Å². The van der Waals surface area contributed by atoms with Gasteiger partial charge in [0, 0.05) is 23.6 Å². The largest absolute Gasteiger partial charge is 0.213 e. The molecule has 0 amide bonds. The van der Waals surface area contributed by atoms with E-state index >= 15 is 0 Å². The average Bonchev–Trinajstić information content (AvgIpc) is 2.74. The maximum atomic E-state index is 2.36. The number of nitrogens with zero attached hydrogens (tertiary/aromatic N) is 1. The zero-order valence-electron chi connectivity index (χ0n) is 15.2. The first kappa shape index (κ1) is 17.0. The van der Waals surface area contributed by atoms with E-state index < -0.39 is 0 Å². The highest BCUT2D eigenvalue weighted by Crippen LogP contribution is 2.13. The summed E-state index contributed by atoms with van der Waals surface area (Å²) in [5.41, 5.74) is 4.86. The molecule has 0 bridgehead atoms. The van der Waals surface area contributed by atoms with Crippen LogP contribution in [0, 0.1) is 0 Å². The summed E-state index contributed by atoms with van der Waals surface area (Å²) in [7, 11) is 0. The van der Waals surface area contributed by atoms with Gasteiger partial charge in [0.1, 0.15) is 0 Å². The monoisotopic (exact) mass is 348 g/mol. The topological polar surface area (TPSA) is 3.88 Å². The van der Waals surface area contributed by atoms with Crippen molar-refractivity contribution < 1.29 is 4.57 Å². The number of hydrogen-bond acceptors (Lipinski definition) is 0. The molecule has 0 unspecified atom stereocenters. The zero-order chi connectivity index (χ0) is 18.3. The molecule has 4 rings (SSSR count). The number of para-hydroxylation sites is 1. The first-order chi connectivity index (χ1) is 13.4. The summed E-state index contributed by atoms with van der Waals surface area (Å²) in [6.07, 6.45) is 8.76. The lowest BCUT2D eigenvalue weighted by atomic mass is 10.1. The molecule has 0 radical (unpaired) electrons. The molecular weight excluding hydrogens is 326 g/mol. The molecule has 0 fully saturated rings. The van der Waals surface area contributed by atoms with Crippen molar-refractivity contribution in [3.63, 3.8) is 0 Å². The number of rotatable bonds is 5. The fourth-order valence-electron chi connectivity index (χ4n) is 3.23. The minimum atomic E-state index is 0.824. The molecule has 0 saturated heterocycles. The first-order valence-electron chi connectivity index (χ1n) is 9.26. The van der Waals surface area contributed by atoms with Gasteiger partial charge < -0.3 is 0 Å². The Kier molecular flexibility index (Phi) is 5.21. The van der Waals surface area contributed by atoms with Gasteiger partial charge in [-0.05, 0) is 35.4 Å². The summed E-state index contributed by atoms with van der Waals surface area (Å²) in [4.78, 5) is 0. The van der Waals surface area contributed by atoms with Crippen LogP contribution >= 0.6 is 0 Å². The number of benzene rings is 3. The Labute approximate surface area is 160 Å². The van der Waals surface area contributed by atoms with Gasteiger partial charge >= 0.3 is 0 Å². The molecule has 1 heteroatoms. The third-order valence-electron chi connectivity index (χ3n) is 4.62. The Balaban J connectivity index is 1.69. The van der Waals surface area contributed by atoms with Crippen LogP contribution < -0.4 is 4.57 Å². The van der Waals surface area contributed by atoms with Gasteiger partial charge in [-0.15, -0.1) is 0 Å². The fourth-order valence-corrected chi connectivity index (χ4v) is 3.23. The summed E-state index contributed by atoms with van der Waals surface area (Å²) >= 11 is 0. The molecule has 27 heavy (non-hydrogen) atoms. The van der Waals surface area contributed by atoms with Gasteiger partial charge in [0.25, 0.3) is 0 Å². The maximum absolute atomic E-state index is 2.36. The zero-order valence-corrected chi connectivity index (χ0v) is 15.2. The molecule has 0 aliphatic carbocycles. The van der Waals surface area contributed by atoms with Crippen molar-refractivity contribution in [1.29, 1.82) is 0 Å². The van der Waals surface area contributed by atoms with E-state index in [1.165, 1.54) is 27.7 Å². The molecule has 3 aromatic carbocycles. The van der Waals surface area contributed by atoms with Gasteiger partial charge in [-0.1, -0.05) is 78.9 Å². The van der Waals surface area contributed by atoms with Crippen LogP contribution in [0.1, 0.15) is 16.8 Å². The first-order valence-corrected chi connectivity index (χ1v) is 9.26. The van der Waals surface area contributed by atoms with Gasteiger partial charge in [0.05, 0.1) is 0 Å². The molecule has 0 N–H and O–H groups in total. The molecule has 0 atom stereocenters. The lowest BCUT2D eigenvalue weighted by Crippen LogP contribution is -2.37. The van der Waals surface area contributed by atoms with Crippen molar-refractivity contribution in [2.45, 2.75) is 6.54 Å². The molecule has 1 aromatic heterocycles. The van der Waals surface area contributed by atoms with Crippen molar-refractivity contribution in [3.8, 4) is 0 Å². The van der Waals surface area contributed by atoms with E-state index in [4.69, 9.17) is 0 Å². The molecular formula is C26H22N+. The Morgan fingerprint density at radius 3 is 1.93 bits per heavy atom. The smallest absolute Gasteiger partial charge is 0.188 e. The Hall–Kier alpha value is -3.45. The van der Waals surface area contributed by atoms with E-state index in [1.54, 1.807) is 0 Å². The van der Waals surface area contributed by atoms with E-state index in [2.05, 4.69) is 114 Å². The second-order valence-electron chi connectivity index (χ2n) is 6.48. The van der Waals surface area contributed by atoms with Crippen LogP contribution in [0.5, 0.6) is 0 Å². The van der Waals surface area contributed by atoms with Gasteiger partial charge in [0.15, 0.2) is 6.54 Å². The third kappa shape index (κ3) is 4.21. The Bertz CT molecular complexity index is 1080. The fraction of sp³-hybridized carbons (Fsp3) is 0.0385. The van der Waals surface area contributed by atoms with Gasteiger partial charge in [-0.2, -0.15) is 4.57 Å². The maximum Gasteiger partial charge on any atom is 0.213 e. The number of fused-ring (bicyclic) bond motifs is 1. The molecule has 0 aliphatic heterocycles. The summed E-state index contributed by atoms with van der Waals surface area (Å²) in [6, 6.07) is 33.8. The second kappa shape index (κ2) is 8.29. The highest BCUT2D eigenvalue weighted by molar-refractivity contribution is 5.77. The number of hydrogen-bond donors (Lipinski definition) is 0. The Morgan fingerprint density at radius 1 is 0.556 bits per heavy atom. The van der Waals surface area contributed by atoms with Crippen molar-refractivity contribution >= 4 is 29.1 Å². The predicted octanol–water partition coefficient (Wildman–Crippen LogP) is 6.01. The third-order valence-corrected chi connectivity index (χ3v) is 4.62. The van der Waals surface area contributed by atoms with Gasteiger partial charge in [0.2, 0.25) is 11.2 Å². The molecule has 130 valence electrons. The second-order valence-corrected chi connectivity index (χ2v) is 6.48. The molecule has 0 aliphatic rings. The summed E-state index contributed by atoms with van der Waals surface area (Å²) in [5, 5.41) is 1.25. The van der Waals surface area contributed by atoms with Crippen LogP contribution in [0.2, 0.25) is 0 Å². The van der Waals surface area contributed by atoms with Crippen LogP contribution in [-0.2, 0) is 6.54 Å². The lowest BCUT2D eigenvalue weighted by Gasteiger charge is -2.03. The van der Waals surface area contributed by atoms with E-state index in [0.717, 1.165) is 6.54 Å². The van der Waals surface area contributed by atoms with Crippen molar-refractivity contribution in [2.24, 2.45) is 0 Å². The molecule has 1 nitrogen and oxygen atoms in total. The van der Waals surface area contributed by atoms with Crippen LogP contribution in [0.3, 0.4) is 0 Å². The molecule has 1 heterocycles. The van der Waals surface area contributed by atoms with E-state index in [-0.39, 0.29) is 0 Å². The number of pyridine rings is 1. The summed E-state index contributed by atoms with van der Waals surface area (Å²) in [6.45, 7) is 0.824. The summed E-state index contributed by atoms with van der Waals surface area (Å²) in [5.74, 6) is 0. The highest BCUT2D eigenvalue weighted by Gasteiger charge is 2.11. The van der Waals surface area contributed by atoms with Crippen LogP contribution in [0.15, 0.2) is 103 Å². The van der Waals surface area contributed by atoms with Crippen LogP contribution in [0.4, 0.5) is 0 Å². The lowest BCUT2D eigenvalue weighted by molar-refractivity contribution is -0.662. The van der Waals surface area contributed by atoms with Gasteiger partial charge in [-0.25, -0.2) is 0 Å². The minimum absolute atomic E-state index is 0.824. The molecule has 0 spiro atoms. The average molecular weight is 348 g/mol. The normalized spacial score (nSPS) is 11.6. The van der Waals surface area contributed by atoms with Crippen LogP contribution in [0.25, 0.3) is 29.1 Å². The Morgan fingerprint density at radius 2 is 1.19 bits per heavy atom. The highest BCUT2D eigenvalue weighted by atomic mass is 15.0. The number of aromatic nitrogens is 1. The van der Waals surface area contributed by atoms with Gasteiger partial charge in [-0.3, -0.25) is 0 Å². The predicted molar refractivity (Wildman–Crippen MR) is 115 cm³/mol. The summed E-state index contributed by atoms with van der Waals surface area (Å²) < 4.78 is 2.36. The minimum Gasteiger partial charge on any atom is -0.188 e. The van der Waals surface area contributed by atoms with Crippen molar-refractivity contribution in [1.82, 2.24) is 0 Å². The van der Waals surface area contributed by atoms with E-state index in [9.17, 15) is 0 Å². The number of allylic oxidation sites excluding steroid dienone is 1. The molecule has 4 aromatic rings. The standard InChI is InChI=1S/C26H22N/c1-3-10-22(11-4-1)14-9-21-27-25(19-17-23-12-5-2-6-13-23)20-18-24-15-7-8-16-26(24)27/h1-20H,21H2/q+1/b14-9+,19-17+. The van der Waals surface area contributed by atoms with Crippen molar-refractivity contribution in [3.05, 3.63) is 120 Å². The van der Waals surface area contributed by atoms with E-state index in [0.29, 0.717) is 0 Å².